The minimum Gasteiger partial charge on any atom is -0.392 e. The number of hydrogen-bond donors (Lipinski definition) is 2. The maximum Gasteiger partial charge on any atom is 0.0621 e. The van der Waals surface area contributed by atoms with Gasteiger partial charge in [-0.25, -0.2) is 0 Å². The summed E-state index contributed by atoms with van der Waals surface area (Å²) >= 11 is 0. The highest BCUT2D eigenvalue weighted by Gasteiger charge is 2.35. The Balaban J connectivity index is 2.71. The molecular formula is C16H27NO2. The summed E-state index contributed by atoms with van der Waals surface area (Å²) in [6.07, 6.45) is 2.47. The molecule has 108 valence electrons. The van der Waals surface area contributed by atoms with Crippen LogP contribution in [0.25, 0.3) is 0 Å². The van der Waals surface area contributed by atoms with Gasteiger partial charge in [0.1, 0.15) is 0 Å². The van der Waals surface area contributed by atoms with Gasteiger partial charge in [-0.15, -0.1) is 0 Å². The van der Waals surface area contributed by atoms with Crippen molar-refractivity contribution in [3.63, 3.8) is 0 Å². The van der Waals surface area contributed by atoms with Crippen molar-refractivity contribution in [3.05, 3.63) is 35.9 Å². The third-order valence-corrected chi connectivity index (χ3v) is 3.85. The van der Waals surface area contributed by atoms with Gasteiger partial charge in [-0.2, -0.15) is 0 Å². The Kier molecular flexibility index (Phi) is 7.06. The van der Waals surface area contributed by atoms with Crippen molar-refractivity contribution in [2.75, 3.05) is 19.8 Å². The van der Waals surface area contributed by atoms with E-state index in [1.807, 2.05) is 37.3 Å². The molecule has 3 heteroatoms. The third-order valence-electron chi connectivity index (χ3n) is 3.85. The molecule has 0 aliphatic heterocycles. The molecule has 3 N–H and O–H groups in total. The molecule has 0 fully saturated rings. The van der Waals surface area contributed by atoms with Crippen LogP contribution in [0.5, 0.6) is 0 Å². The first kappa shape index (κ1) is 16.2. The lowest BCUT2D eigenvalue weighted by atomic mass is 9.74. The molecule has 0 radical (unpaired) electrons. The number of aliphatic hydroxyl groups excluding tert-OH is 1. The molecule has 19 heavy (non-hydrogen) atoms. The van der Waals surface area contributed by atoms with Crippen LogP contribution in [0.2, 0.25) is 0 Å². The summed E-state index contributed by atoms with van der Waals surface area (Å²) in [6.45, 7) is 5.80. The lowest BCUT2D eigenvalue weighted by Gasteiger charge is -2.36. The number of benzene rings is 1. The van der Waals surface area contributed by atoms with Crippen LogP contribution in [0.4, 0.5) is 0 Å². The quantitative estimate of drug-likeness (QED) is 0.674. The molecule has 0 amide bonds. The number of nitrogens with two attached hydrogens (primary N) is 1. The second kappa shape index (κ2) is 8.31. The van der Waals surface area contributed by atoms with Crippen molar-refractivity contribution in [1.29, 1.82) is 0 Å². The van der Waals surface area contributed by atoms with Crippen molar-refractivity contribution in [3.8, 4) is 0 Å². The highest BCUT2D eigenvalue weighted by molar-refractivity contribution is 5.27. The number of hydrogen-bond acceptors (Lipinski definition) is 3. The first-order valence-corrected chi connectivity index (χ1v) is 7.18. The van der Waals surface area contributed by atoms with E-state index in [1.165, 1.54) is 0 Å². The molecule has 2 atom stereocenters. The highest BCUT2D eigenvalue weighted by atomic mass is 16.5. The van der Waals surface area contributed by atoms with Gasteiger partial charge in [0, 0.05) is 25.2 Å². The molecule has 0 saturated carbocycles. The highest BCUT2D eigenvalue weighted by Crippen LogP contribution is 2.31. The van der Waals surface area contributed by atoms with Crippen LogP contribution in [-0.4, -0.2) is 31.0 Å². The Morgan fingerprint density at radius 2 is 1.95 bits per heavy atom. The predicted octanol–water partition coefficient (Wildman–Crippen LogP) is 2.47. The van der Waals surface area contributed by atoms with Gasteiger partial charge >= 0.3 is 0 Å². The van der Waals surface area contributed by atoms with E-state index in [0.29, 0.717) is 13.2 Å². The summed E-state index contributed by atoms with van der Waals surface area (Å²) in [6, 6.07) is 10.0. The van der Waals surface area contributed by atoms with Gasteiger partial charge < -0.3 is 15.6 Å². The van der Waals surface area contributed by atoms with E-state index in [9.17, 15) is 5.11 Å². The molecule has 1 rings (SSSR count). The molecule has 1 aromatic rings. The number of rotatable bonds is 9. The smallest absolute Gasteiger partial charge is 0.0621 e. The maximum absolute atomic E-state index is 10.2. The van der Waals surface area contributed by atoms with Crippen LogP contribution < -0.4 is 5.73 Å². The average molecular weight is 265 g/mol. The van der Waals surface area contributed by atoms with Crippen LogP contribution in [-0.2, 0) is 10.2 Å². The zero-order chi connectivity index (χ0) is 14.1. The molecule has 0 bridgehead atoms. The maximum atomic E-state index is 10.2. The lowest BCUT2D eigenvalue weighted by Crippen LogP contribution is -2.45. The minimum atomic E-state index is -0.491. The average Bonchev–Trinajstić information content (AvgIpc) is 2.44. The number of unbranched alkanes of at least 4 members (excludes halogenated alkanes) is 1. The summed E-state index contributed by atoms with van der Waals surface area (Å²) in [4.78, 5) is 0. The van der Waals surface area contributed by atoms with Crippen LogP contribution >= 0.6 is 0 Å². The number of ether oxygens (including phenoxy) is 1. The third kappa shape index (κ3) is 4.30. The molecule has 0 aliphatic rings. The fourth-order valence-corrected chi connectivity index (χ4v) is 2.36. The summed E-state index contributed by atoms with van der Waals surface area (Å²) < 4.78 is 5.64. The molecule has 3 nitrogen and oxygen atoms in total. The fourth-order valence-electron chi connectivity index (χ4n) is 2.36. The SMILES string of the molecule is CCCCOCCC(CN)(c1ccccc1)C(C)O. The normalized spacial score (nSPS) is 16.0. The predicted molar refractivity (Wildman–Crippen MR) is 79.2 cm³/mol. The van der Waals surface area contributed by atoms with Crippen LogP contribution in [0.15, 0.2) is 30.3 Å². The van der Waals surface area contributed by atoms with Gasteiger partial charge in [-0.3, -0.25) is 0 Å². The van der Waals surface area contributed by atoms with Gasteiger partial charge in [0.15, 0.2) is 0 Å². The second-order valence-electron chi connectivity index (χ2n) is 5.12. The summed E-state index contributed by atoms with van der Waals surface area (Å²) in [5, 5.41) is 10.2. The second-order valence-corrected chi connectivity index (χ2v) is 5.12. The molecule has 0 spiro atoms. The van der Waals surface area contributed by atoms with Crippen molar-refractivity contribution >= 4 is 0 Å². The monoisotopic (exact) mass is 265 g/mol. The number of aliphatic hydroxyl groups is 1. The Bertz CT molecular complexity index is 340. The van der Waals surface area contributed by atoms with Gasteiger partial charge in [0.25, 0.3) is 0 Å². The van der Waals surface area contributed by atoms with Gasteiger partial charge in [0.2, 0.25) is 0 Å². The van der Waals surface area contributed by atoms with Gasteiger partial charge in [-0.05, 0) is 25.3 Å². The molecule has 0 heterocycles. The van der Waals surface area contributed by atoms with Crippen molar-refractivity contribution in [2.24, 2.45) is 5.73 Å². The van der Waals surface area contributed by atoms with E-state index >= 15 is 0 Å². The van der Waals surface area contributed by atoms with Gasteiger partial charge in [0.05, 0.1) is 6.10 Å². The van der Waals surface area contributed by atoms with Crippen molar-refractivity contribution < 1.29 is 9.84 Å². The van der Waals surface area contributed by atoms with Gasteiger partial charge in [-0.1, -0.05) is 43.7 Å². The Morgan fingerprint density at radius 1 is 1.26 bits per heavy atom. The van der Waals surface area contributed by atoms with E-state index < -0.39 is 11.5 Å². The first-order chi connectivity index (χ1) is 9.17. The summed E-state index contributed by atoms with van der Waals surface area (Å²) in [7, 11) is 0. The lowest BCUT2D eigenvalue weighted by molar-refractivity contribution is 0.0551. The minimum absolute atomic E-state index is 0.409. The van der Waals surface area contributed by atoms with E-state index in [1.54, 1.807) is 0 Å². The topological polar surface area (TPSA) is 55.5 Å². The fraction of sp³-hybridized carbons (Fsp3) is 0.625. The molecule has 0 saturated heterocycles. The molecular weight excluding hydrogens is 238 g/mol. The van der Waals surface area contributed by atoms with E-state index in [2.05, 4.69) is 6.92 Å². The zero-order valence-electron chi connectivity index (χ0n) is 12.1. The van der Waals surface area contributed by atoms with E-state index in [4.69, 9.17) is 10.5 Å². The molecule has 2 unspecified atom stereocenters. The summed E-state index contributed by atoms with van der Waals surface area (Å²) in [5.41, 5.74) is 6.65. The largest absolute Gasteiger partial charge is 0.392 e. The summed E-state index contributed by atoms with van der Waals surface area (Å²) in [5.74, 6) is 0. The molecule has 0 aromatic heterocycles. The zero-order valence-corrected chi connectivity index (χ0v) is 12.1. The van der Waals surface area contributed by atoms with Crippen LogP contribution in [0.3, 0.4) is 0 Å². The van der Waals surface area contributed by atoms with Crippen molar-refractivity contribution in [2.45, 2.75) is 44.6 Å². The van der Waals surface area contributed by atoms with E-state index in [-0.39, 0.29) is 0 Å². The Morgan fingerprint density at radius 3 is 2.47 bits per heavy atom. The van der Waals surface area contributed by atoms with Crippen LogP contribution in [0, 0.1) is 0 Å². The van der Waals surface area contributed by atoms with Crippen molar-refractivity contribution in [1.82, 2.24) is 0 Å². The molecule has 1 aromatic carbocycles. The first-order valence-electron chi connectivity index (χ1n) is 7.18. The Labute approximate surface area is 116 Å². The van der Waals surface area contributed by atoms with E-state index in [0.717, 1.165) is 31.4 Å². The standard InChI is InChI=1S/C16H27NO2/c1-3-4-11-19-12-10-16(13-17,14(2)18)15-8-6-5-7-9-15/h5-9,14,18H,3-4,10-13,17H2,1-2H3. The van der Waals surface area contributed by atoms with Crippen LogP contribution in [0.1, 0.15) is 38.7 Å². The molecule has 0 aliphatic carbocycles. The Hall–Kier alpha value is -0.900.